The van der Waals surface area contributed by atoms with Crippen LogP contribution in [0.2, 0.25) is 0 Å². The molecule has 0 fully saturated rings. The minimum atomic E-state index is -0.906. The van der Waals surface area contributed by atoms with E-state index in [0.717, 1.165) is 12.1 Å². The molecule has 0 aromatic heterocycles. The van der Waals surface area contributed by atoms with Gasteiger partial charge in [0.05, 0.1) is 5.60 Å². The molecule has 0 N–H and O–H groups in total. The Bertz CT molecular complexity index is 469. The van der Waals surface area contributed by atoms with Gasteiger partial charge in [-0.3, -0.25) is 4.79 Å². The minimum absolute atomic E-state index is 0.0268. The van der Waals surface area contributed by atoms with Crippen LogP contribution in [-0.4, -0.2) is 29.6 Å². The molecule has 0 unspecified atom stereocenters. The molecule has 0 aliphatic heterocycles. The van der Waals surface area contributed by atoms with Gasteiger partial charge in [0.15, 0.2) is 11.6 Å². The number of carbonyl (C=O) groups excluding carboxylic acids is 1. The van der Waals surface area contributed by atoms with E-state index < -0.39 is 17.2 Å². The Morgan fingerprint density at radius 1 is 1.25 bits per heavy atom. The zero-order valence-electron chi connectivity index (χ0n) is 12.4. The monoisotopic (exact) mass is 285 g/mol. The molecule has 3 nitrogen and oxygen atoms in total. The second kappa shape index (κ2) is 6.79. The second-order valence-electron chi connectivity index (χ2n) is 5.56. The first-order chi connectivity index (χ1) is 9.23. The lowest BCUT2D eigenvalue weighted by Crippen LogP contribution is -2.36. The SMILES string of the molecule is CCN(Cc1ccc(F)c(F)c1)C(=O)COC(C)(C)C. The van der Waals surface area contributed by atoms with Crippen LogP contribution in [0.4, 0.5) is 8.78 Å². The Labute approximate surface area is 118 Å². The molecule has 112 valence electrons. The summed E-state index contributed by atoms with van der Waals surface area (Å²) in [7, 11) is 0. The first-order valence-corrected chi connectivity index (χ1v) is 6.58. The summed E-state index contributed by atoms with van der Waals surface area (Å²) in [6, 6.07) is 3.64. The van der Waals surface area contributed by atoms with Crippen molar-refractivity contribution in [2.75, 3.05) is 13.2 Å². The van der Waals surface area contributed by atoms with Crippen molar-refractivity contribution >= 4 is 5.91 Å². The molecule has 0 saturated carbocycles. The number of benzene rings is 1. The largest absolute Gasteiger partial charge is 0.366 e. The molecular weight excluding hydrogens is 264 g/mol. The van der Waals surface area contributed by atoms with Crippen LogP contribution in [0.3, 0.4) is 0 Å². The zero-order chi connectivity index (χ0) is 15.3. The third-order valence-corrected chi connectivity index (χ3v) is 2.72. The summed E-state index contributed by atoms with van der Waals surface area (Å²) in [6.45, 7) is 8.12. The van der Waals surface area contributed by atoms with E-state index in [-0.39, 0.29) is 19.1 Å². The van der Waals surface area contributed by atoms with E-state index in [1.165, 1.54) is 6.07 Å². The number of ether oxygens (including phenoxy) is 1. The molecule has 0 atom stereocenters. The average Bonchev–Trinajstić information content (AvgIpc) is 2.36. The topological polar surface area (TPSA) is 29.5 Å². The number of likely N-dealkylation sites (N-methyl/N-ethyl adjacent to an activating group) is 1. The van der Waals surface area contributed by atoms with Gasteiger partial charge >= 0.3 is 0 Å². The second-order valence-corrected chi connectivity index (χ2v) is 5.56. The van der Waals surface area contributed by atoms with Crippen molar-refractivity contribution in [3.05, 3.63) is 35.4 Å². The van der Waals surface area contributed by atoms with Crippen molar-refractivity contribution in [3.8, 4) is 0 Å². The Morgan fingerprint density at radius 2 is 1.90 bits per heavy atom. The molecule has 1 aromatic carbocycles. The summed E-state index contributed by atoms with van der Waals surface area (Å²) in [6.07, 6.45) is 0. The standard InChI is InChI=1S/C15H21F2NO2/c1-5-18(14(19)10-20-15(2,3)4)9-11-6-7-12(16)13(17)8-11/h6-8H,5,9-10H2,1-4H3. The van der Waals surface area contributed by atoms with Crippen LogP contribution < -0.4 is 0 Å². The lowest BCUT2D eigenvalue weighted by atomic mass is 10.2. The summed E-state index contributed by atoms with van der Waals surface area (Å²) in [5.41, 5.74) is 0.159. The van der Waals surface area contributed by atoms with Crippen LogP contribution in [0, 0.1) is 11.6 Å². The van der Waals surface area contributed by atoms with Crippen LogP contribution in [0.5, 0.6) is 0 Å². The molecular formula is C15H21F2NO2. The van der Waals surface area contributed by atoms with Gasteiger partial charge in [0.2, 0.25) is 5.91 Å². The van der Waals surface area contributed by atoms with E-state index in [9.17, 15) is 13.6 Å². The van der Waals surface area contributed by atoms with Crippen LogP contribution >= 0.6 is 0 Å². The maximum atomic E-state index is 13.1. The van der Waals surface area contributed by atoms with Gasteiger partial charge in [-0.15, -0.1) is 0 Å². The van der Waals surface area contributed by atoms with Gasteiger partial charge in [0, 0.05) is 13.1 Å². The molecule has 0 radical (unpaired) electrons. The Morgan fingerprint density at radius 3 is 2.40 bits per heavy atom. The fourth-order valence-electron chi connectivity index (χ4n) is 1.60. The van der Waals surface area contributed by atoms with E-state index in [4.69, 9.17) is 4.74 Å². The van der Waals surface area contributed by atoms with Crippen molar-refractivity contribution < 1.29 is 18.3 Å². The highest BCUT2D eigenvalue weighted by Crippen LogP contribution is 2.12. The summed E-state index contributed by atoms with van der Waals surface area (Å²) in [5, 5.41) is 0. The summed E-state index contributed by atoms with van der Waals surface area (Å²) < 4.78 is 31.4. The first kappa shape index (κ1) is 16.6. The molecule has 0 bridgehead atoms. The lowest BCUT2D eigenvalue weighted by Gasteiger charge is -2.24. The normalized spacial score (nSPS) is 11.5. The quantitative estimate of drug-likeness (QED) is 0.832. The van der Waals surface area contributed by atoms with E-state index in [2.05, 4.69) is 0 Å². The predicted octanol–water partition coefficient (Wildman–Crippen LogP) is 3.13. The molecule has 1 aromatic rings. The highest BCUT2D eigenvalue weighted by molar-refractivity contribution is 5.77. The van der Waals surface area contributed by atoms with Gasteiger partial charge in [-0.05, 0) is 45.4 Å². The summed E-state index contributed by atoms with van der Waals surface area (Å²) in [4.78, 5) is 13.6. The fourth-order valence-corrected chi connectivity index (χ4v) is 1.60. The molecule has 0 aliphatic carbocycles. The first-order valence-electron chi connectivity index (χ1n) is 6.58. The van der Waals surface area contributed by atoms with E-state index in [1.54, 1.807) is 4.90 Å². The van der Waals surface area contributed by atoms with Crippen molar-refractivity contribution in [1.82, 2.24) is 4.90 Å². The molecule has 0 aliphatic rings. The van der Waals surface area contributed by atoms with Crippen molar-refractivity contribution in [2.45, 2.75) is 39.8 Å². The average molecular weight is 285 g/mol. The van der Waals surface area contributed by atoms with Gasteiger partial charge in [-0.25, -0.2) is 8.78 Å². The number of nitrogens with zero attached hydrogens (tertiary/aromatic N) is 1. The number of carbonyl (C=O) groups is 1. The van der Waals surface area contributed by atoms with Crippen LogP contribution in [-0.2, 0) is 16.1 Å². The van der Waals surface area contributed by atoms with E-state index >= 15 is 0 Å². The highest BCUT2D eigenvalue weighted by atomic mass is 19.2. The Kier molecular flexibility index (Phi) is 5.62. The predicted molar refractivity (Wildman–Crippen MR) is 73.2 cm³/mol. The van der Waals surface area contributed by atoms with E-state index in [1.807, 2.05) is 27.7 Å². The summed E-state index contributed by atoms with van der Waals surface area (Å²) >= 11 is 0. The number of halogens is 2. The zero-order valence-corrected chi connectivity index (χ0v) is 12.4. The van der Waals surface area contributed by atoms with Gasteiger partial charge in [-0.2, -0.15) is 0 Å². The number of hydrogen-bond acceptors (Lipinski definition) is 2. The third kappa shape index (κ3) is 5.25. The van der Waals surface area contributed by atoms with Crippen molar-refractivity contribution in [1.29, 1.82) is 0 Å². The number of rotatable bonds is 5. The molecule has 0 heterocycles. The molecule has 5 heteroatoms. The molecule has 1 amide bonds. The van der Waals surface area contributed by atoms with E-state index in [0.29, 0.717) is 12.1 Å². The molecule has 1 rings (SSSR count). The van der Waals surface area contributed by atoms with Gasteiger partial charge < -0.3 is 9.64 Å². The summed E-state index contributed by atoms with van der Waals surface area (Å²) in [5.74, 6) is -1.97. The van der Waals surface area contributed by atoms with Gasteiger partial charge in [0.1, 0.15) is 6.61 Å². The molecule has 20 heavy (non-hydrogen) atoms. The van der Waals surface area contributed by atoms with Crippen LogP contribution in [0.1, 0.15) is 33.3 Å². The van der Waals surface area contributed by atoms with Crippen LogP contribution in [0.25, 0.3) is 0 Å². The van der Waals surface area contributed by atoms with Crippen molar-refractivity contribution in [3.63, 3.8) is 0 Å². The maximum Gasteiger partial charge on any atom is 0.248 e. The number of amides is 1. The van der Waals surface area contributed by atoms with Gasteiger partial charge in [0.25, 0.3) is 0 Å². The Balaban J connectivity index is 2.66. The van der Waals surface area contributed by atoms with Crippen LogP contribution in [0.15, 0.2) is 18.2 Å². The molecule has 0 saturated heterocycles. The number of hydrogen-bond donors (Lipinski definition) is 0. The lowest BCUT2D eigenvalue weighted by molar-refractivity contribution is -0.141. The minimum Gasteiger partial charge on any atom is -0.366 e. The fraction of sp³-hybridized carbons (Fsp3) is 0.533. The smallest absolute Gasteiger partial charge is 0.248 e. The van der Waals surface area contributed by atoms with Crippen molar-refractivity contribution in [2.24, 2.45) is 0 Å². The van der Waals surface area contributed by atoms with Gasteiger partial charge in [-0.1, -0.05) is 6.07 Å². The maximum absolute atomic E-state index is 13.1. The highest BCUT2D eigenvalue weighted by Gasteiger charge is 2.17. The Hall–Kier alpha value is -1.49. The molecule has 0 spiro atoms. The third-order valence-electron chi connectivity index (χ3n) is 2.72.